The molecule has 0 heterocycles. The maximum atomic E-state index is 11.2. The molecule has 0 fully saturated rings. The van der Waals surface area contributed by atoms with Crippen LogP contribution in [-0.2, 0) is 4.79 Å². The smallest absolute Gasteiger partial charge is 0.221 e. The molecule has 0 bridgehead atoms. The van der Waals surface area contributed by atoms with E-state index in [2.05, 4.69) is 10.3 Å². The van der Waals surface area contributed by atoms with Crippen molar-refractivity contribution in [2.24, 2.45) is 4.99 Å². The predicted molar refractivity (Wildman–Crippen MR) is 93.8 cm³/mol. The van der Waals surface area contributed by atoms with Crippen molar-refractivity contribution in [2.45, 2.75) is 13.8 Å². The number of aliphatic imine (C=N–C) groups is 1. The molecule has 0 saturated carbocycles. The Kier molecular flexibility index (Phi) is 5.78. The molecule has 0 radical (unpaired) electrons. The van der Waals surface area contributed by atoms with Crippen LogP contribution in [0.4, 0.5) is 11.4 Å². The largest absolute Gasteiger partial charge is 0.504 e. The van der Waals surface area contributed by atoms with Crippen LogP contribution >= 0.6 is 0 Å². The molecule has 6 nitrogen and oxygen atoms in total. The van der Waals surface area contributed by atoms with E-state index in [0.29, 0.717) is 35.0 Å². The van der Waals surface area contributed by atoms with E-state index < -0.39 is 0 Å². The van der Waals surface area contributed by atoms with Crippen LogP contribution < -0.4 is 14.8 Å². The van der Waals surface area contributed by atoms with E-state index in [9.17, 15) is 9.90 Å². The number of hydrogen-bond acceptors (Lipinski definition) is 5. The van der Waals surface area contributed by atoms with Crippen molar-refractivity contribution >= 4 is 23.5 Å². The molecule has 0 aliphatic rings. The Morgan fingerprint density at radius 2 is 2.08 bits per heavy atom. The van der Waals surface area contributed by atoms with Gasteiger partial charge in [0, 0.05) is 24.4 Å². The van der Waals surface area contributed by atoms with Crippen molar-refractivity contribution in [3.63, 3.8) is 0 Å². The van der Waals surface area contributed by atoms with Gasteiger partial charge in [-0.2, -0.15) is 0 Å². The van der Waals surface area contributed by atoms with E-state index >= 15 is 0 Å². The van der Waals surface area contributed by atoms with Crippen molar-refractivity contribution in [2.75, 3.05) is 19.0 Å². The number of methoxy groups -OCH3 is 1. The molecule has 0 spiro atoms. The van der Waals surface area contributed by atoms with Crippen molar-refractivity contribution in [1.29, 1.82) is 0 Å². The molecule has 0 aliphatic heterocycles. The summed E-state index contributed by atoms with van der Waals surface area (Å²) in [5.74, 6) is 0.818. The Morgan fingerprint density at radius 3 is 2.75 bits per heavy atom. The molecule has 0 saturated heterocycles. The molecule has 2 rings (SSSR count). The van der Waals surface area contributed by atoms with Crippen LogP contribution in [0, 0.1) is 0 Å². The number of nitrogens with one attached hydrogen (secondary N) is 1. The fraction of sp³-hybridized carbons (Fsp3) is 0.222. The van der Waals surface area contributed by atoms with Crippen LogP contribution in [0.2, 0.25) is 0 Å². The molecule has 0 atom stereocenters. The highest BCUT2D eigenvalue weighted by Crippen LogP contribution is 2.32. The zero-order chi connectivity index (χ0) is 17.5. The summed E-state index contributed by atoms with van der Waals surface area (Å²) in [6.07, 6.45) is 1.52. The van der Waals surface area contributed by atoms with E-state index in [0.717, 1.165) is 0 Å². The Labute approximate surface area is 140 Å². The van der Waals surface area contributed by atoms with Crippen molar-refractivity contribution < 1.29 is 19.4 Å². The van der Waals surface area contributed by atoms with Gasteiger partial charge in [0.2, 0.25) is 5.91 Å². The number of phenols is 1. The first kappa shape index (κ1) is 17.3. The van der Waals surface area contributed by atoms with E-state index in [1.165, 1.54) is 13.1 Å². The molecule has 0 unspecified atom stereocenters. The highest BCUT2D eigenvalue weighted by Gasteiger charge is 2.07. The van der Waals surface area contributed by atoms with Gasteiger partial charge in [-0.1, -0.05) is 6.07 Å². The van der Waals surface area contributed by atoms with Crippen LogP contribution in [0.15, 0.2) is 41.4 Å². The minimum Gasteiger partial charge on any atom is -0.504 e. The first-order valence-electron chi connectivity index (χ1n) is 7.49. The standard InChI is InChI=1S/C18H20N2O4/c1-4-24-17-7-5-6-13(18(17)22)11-19-15-10-14(20-12(2)21)8-9-16(15)23-3/h5-11,22H,4H2,1-3H3,(H,20,21). The normalized spacial score (nSPS) is 10.6. The molecule has 0 aromatic heterocycles. The zero-order valence-corrected chi connectivity index (χ0v) is 13.9. The first-order valence-corrected chi connectivity index (χ1v) is 7.49. The summed E-state index contributed by atoms with van der Waals surface area (Å²) in [4.78, 5) is 15.5. The fourth-order valence-electron chi connectivity index (χ4n) is 2.13. The second kappa shape index (κ2) is 8.01. The lowest BCUT2D eigenvalue weighted by molar-refractivity contribution is -0.114. The van der Waals surface area contributed by atoms with Crippen LogP contribution in [0.3, 0.4) is 0 Å². The molecule has 0 aliphatic carbocycles. The third-order valence-electron chi connectivity index (χ3n) is 3.17. The number of carbonyl (C=O) groups is 1. The Hall–Kier alpha value is -3.02. The Bertz CT molecular complexity index is 757. The number of carbonyl (C=O) groups excluding carboxylic acids is 1. The minimum atomic E-state index is -0.169. The number of hydrogen-bond donors (Lipinski definition) is 2. The Morgan fingerprint density at radius 1 is 1.29 bits per heavy atom. The van der Waals surface area contributed by atoms with Crippen LogP contribution in [0.5, 0.6) is 17.2 Å². The fourth-order valence-corrected chi connectivity index (χ4v) is 2.13. The zero-order valence-electron chi connectivity index (χ0n) is 13.9. The monoisotopic (exact) mass is 328 g/mol. The lowest BCUT2D eigenvalue weighted by Gasteiger charge is -2.09. The van der Waals surface area contributed by atoms with Gasteiger partial charge < -0.3 is 19.9 Å². The van der Waals surface area contributed by atoms with Gasteiger partial charge >= 0.3 is 0 Å². The molecular weight excluding hydrogens is 308 g/mol. The predicted octanol–water partition coefficient (Wildman–Crippen LogP) is 3.51. The van der Waals surface area contributed by atoms with E-state index in [4.69, 9.17) is 9.47 Å². The number of rotatable bonds is 6. The van der Waals surface area contributed by atoms with Crippen LogP contribution in [0.1, 0.15) is 19.4 Å². The average Bonchev–Trinajstić information content (AvgIpc) is 2.55. The van der Waals surface area contributed by atoms with Gasteiger partial charge in [-0.3, -0.25) is 9.79 Å². The summed E-state index contributed by atoms with van der Waals surface area (Å²) in [7, 11) is 1.54. The highest BCUT2D eigenvalue weighted by atomic mass is 16.5. The SMILES string of the molecule is CCOc1cccc(C=Nc2cc(NC(C)=O)ccc2OC)c1O. The van der Waals surface area contributed by atoms with Crippen molar-refractivity contribution in [1.82, 2.24) is 0 Å². The number of ether oxygens (including phenoxy) is 2. The summed E-state index contributed by atoms with van der Waals surface area (Å²) in [5, 5.41) is 12.9. The number of phenolic OH excluding ortho intramolecular Hbond substituents is 1. The molecule has 24 heavy (non-hydrogen) atoms. The highest BCUT2D eigenvalue weighted by molar-refractivity contribution is 5.91. The molecule has 2 N–H and O–H groups in total. The average molecular weight is 328 g/mol. The summed E-state index contributed by atoms with van der Waals surface area (Å²) in [6.45, 7) is 3.74. The van der Waals surface area contributed by atoms with Crippen molar-refractivity contribution in [3.05, 3.63) is 42.0 Å². The lowest BCUT2D eigenvalue weighted by Crippen LogP contribution is -2.05. The number of nitrogens with zero attached hydrogens (tertiary/aromatic N) is 1. The summed E-state index contributed by atoms with van der Waals surface area (Å²) >= 11 is 0. The van der Waals surface area contributed by atoms with Crippen molar-refractivity contribution in [3.8, 4) is 17.2 Å². The number of aromatic hydroxyl groups is 1. The second-order valence-electron chi connectivity index (χ2n) is 4.95. The number of para-hydroxylation sites is 1. The molecule has 2 aromatic carbocycles. The van der Waals surface area contributed by atoms with E-state index in [1.807, 2.05) is 6.92 Å². The Balaban J connectivity index is 2.34. The second-order valence-corrected chi connectivity index (χ2v) is 4.95. The summed E-state index contributed by atoms with van der Waals surface area (Å²) < 4.78 is 10.6. The molecule has 2 aromatic rings. The third-order valence-corrected chi connectivity index (χ3v) is 3.17. The number of amides is 1. The number of anilines is 1. The van der Waals surface area contributed by atoms with Gasteiger partial charge in [0.1, 0.15) is 11.4 Å². The van der Waals surface area contributed by atoms with Gasteiger partial charge in [-0.15, -0.1) is 0 Å². The lowest BCUT2D eigenvalue weighted by atomic mass is 10.2. The van der Waals surface area contributed by atoms with Crippen LogP contribution in [0.25, 0.3) is 0 Å². The summed E-state index contributed by atoms with van der Waals surface area (Å²) in [6, 6.07) is 10.3. The quantitative estimate of drug-likeness (QED) is 0.795. The molecule has 6 heteroatoms. The van der Waals surface area contributed by atoms with Crippen LogP contribution in [-0.4, -0.2) is 30.9 Å². The number of benzene rings is 2. The minimum absolute atomic E-state index is 0.0279. The molecule has 126 valence electrons. The van der Waals surface area contributed by atoms with E-state index in [1.54, 1.807) is 43.5 Å². The molecular formula is C18H20N2O4. The maximum Gasteiger partial charge on any atom is 0.221 e. The van der Waals surface area contributed by atoms with Gasteiger partial charge in [0.25, 0.3) is 0 Å². The van der Waals surface area contributed by atoms with Gasteiger partial charge in [0.15, 0.2) is 11.5 Å². The van der Waals surface area contributed by atoms with Gasteiger partial charge in [-0.05, 0) is 37.3 Å². The maximum absolute atomic E-state index is 11.2. The summed E-state index contributed by atoms with van der Waals surface area (Å²) in [5.41, 5.74) is 1.67. The molecule has 1 amide bonds. The van der Waals surface area contributed by atoms with Gasteiger partial charge in [0.05, 0.1) is 13.7 Å². The van der Waals surface area contributed by atoms with E-state index in [-0.39, 0.29) is 11.7 Å². The van der Waals surface area contributed by atoms with Gasteiger partial charge in [-0.25, -0.2) is 0 Å². The topological polar surface area (TPSA) is 80.2 Å². The first-order chi connectivity index (χ1) is 11.5. The third kappa shape index (κ3) is 4.25.